The first-order chi connectivity index (χ1) is 13.0. The molecule has 3 aromatic rings. The third kappa shape index (κ3) is 4.72. The number of hydrogen-bond acceptors (Lipinski definition) is 6. The van der Waals surface area contributed by atoms with Crippen LogP contribution in [0.1, 0.15) is 19.9 Å². The predicted octanol–water partition coefficient (Wildman–Crippen LogP) is 4.62. The number of carbonyl (C=O) groups is 1. The molecule has 1 aromatic carbocycles. The van der Waals surface area contributed by atoms with Gasteiger partial charge in [-0.3, -0.25) is 9.36 Å². The number of amides is 1. The van der Waals surface area contributed by atoms with Crippen LogP contribution in [-0.4, -0.2) is 33.5 Å². The molecule has 0 atom stereocenters. The van der Waals surface area contributed by atoms with E-state index >= 15 is 0 Å². The maximum absolute atomic E-state index is 12.3. The SMILES string of the molecule is COc1cccc(NC(=O)CSc2nnc(-c3ccc(Br)o3)n2C(C)C)c1. The number of nitrogens with one attached hydrogen (secondary N) is 1. The predicted molar refractivity (Wildman–Crippen MR) is 108 cm³/mol. The highest BCUT2D eigenvalue weighted by molar-refractivity contribution is 9.10. The van der Waals surface area contributed by atoms with Crippen LogP contribution in [0.25, 0.3) is 11.6 Å². The van der Waals surface area contributed by atoms with Gasteiger partial charge in [0, 0.05) is 17.8 Å². The standard InChI is InChI=1S/C18H19BrN4O3S/c1-11(2)23-17(14-7-8-15(19)26-14)21-22-18(23)27-10-16(24)20-12-5-4-6-13(9-12)25-3/h4-9,11H,10H2,1-3H3,(H,20,24). The lowest BCUT2D eigenvalue weighted by molar-refractivity contribution is -0.113. The Morgan fingerprint density at radius 2 is 2.15 bits per heavy atom. The van der Waals surface area contributed by atoms with Crippen molar-refractivity contribution in [2.45, 2.75) is 25.0 Å². The second-order valence-electron chi connectivity index (χ2n) is 5.94. The summed E-state index contributed by atoms with van der Waals surface area (Å²) in [5.74, 6) is 2.02. The Morgan fingerprint density at radius 3 is 2.81 bits per heavy atom. The first-order valence-electron chi connectivity index (χ1n) is 8.25. The van der Waals surface area contributed by atoms with Gasteiger partial charge in [0.15, 0.2) is 15.6 Å². The van der Waals surface area contributed by atoms with Crippen molar-refractivity contribution in [1.29, 1.82) is 0 Å². The molecule has 0 saturated carbocycles. The number of benzene rings is 1. The topological polar surface area (TPSA) is 82.2 Å². The molecule has 0 unspecified atom stereocenters. The van der Waals surface area contributed by atoms with Crippen LogP contribution in [0.3, 0.4) is 0 Å². The summed E-state index contributed by atoms with van der Waals surface area (Å²) in [6.07, 6.45) is 0. The molecule has 2 aromatic heterocycles. The Balaban J connectivity index is 1.70. The monoisotopic (exact) mass is 450 g/mol. The summed E-state index contributed by atoms with van der Waals surface area (Å²) in [6.45, 7) is 4.07. The Bertz CT molecular complexity index is 938. The molecule has 9 heteroatoms. The number of halogens is 1. The van der Waals surface area contributed by atoms with E-state index in [1.54, 1.807) is 13.2 Å². The average Bonchev–Trinajstić information content (AvgIpc) is 3.26. The molecule has 142 valence electrons. The fourth-order valence-electron chi connectivity index (χ4n) is 2.47. The van der Waals surface area contributed by atoms with Gasteiger partial charge in [0.05, 0.1) is 12.9 Å². The van der Waals surface area contributed by atoms with Crippen molar-refractivity contribution in [2.24, 2.45) is 0 Å². The normalized spacial score (nSPS) is 11.0. The van der Waals surface area contributed by atoms with Crippen LogP contribution in [-0.2, 0) is 4.79 Å². The molecule has 1 amide bonds. The highest BCUT2D eigenvalue weighted by atomic mass is 79.9. The summed E-state index contributed by atoms with van der Waals surface area (Å²) in [5.41, 5.74) is 0.686. The van der Waals surface area contributed by atoms with Crippen molar-refractivity contribution in [3.63, 3.8) is 0 Å². The maximum atomic E-state index is 12.3. The van der Waals surface area contributed by atoms with E-state index in [-0.39, 0.29) is 17.7 Å². The van der Waals surface area contributed by atoms with Gasteiger partial charge in [0.25, 0.3) is 0 Å². The largest absolute Gasteiger partial charge is 0.497 e. The van der Waals surface area contributed by atoms with Crippen LogP contribution >= 0.6 is 27.7 Å². The third-order valence-corrected chi connectivity index (χ3v) is 5.03. The van der Waals surface area contributed by atoms with Gasteiger partial charge in [-0.25, -0.2) is 0 Å². The maximum Gasteiger partial charge on any atom is 0.234 e. The fourth-order valence-corrected chi connectivity index (χ4v) is 3.65. The number of rotatable bonds is 7. The highest BCUT2D eigenvalue weighted by Gasteiger charge is 2.20. The van der Waals surface area contributed by atoms with Gasteiger partial charge in [-0.2, -0.15) is 0 Å². The van der Waals surface area contributed by atoms with Gasteiger partial charge in [0.1, 0.15) is 5.75 Å². The highest BCUT2D eigenvalue weighted by Crippen LogP contribution is 2.30. The molecule has 27 heavy (non-hydrogen) atoms. The van der Waals surface area contributed by atoms with E-state index < -0.39 is 0 Å². The van der Waals surface area contributed by atoms with E-state index in [0.29, 0.717) is 32.8 Å². The Hall–Kier alpha value is -2.26. The number of furan rings is 1. The molecule has 0 saturated heterocycles. The lowest BCUT2D eigenvalue weighted by Gasteiger charge is -2.12. The lowest BCUT2D eigenvalue weighted by Crippen LogP contribution is -2.15. The zero-order valence-electron chi connectivity index (χ0n) is 15.1. The minimum Gasteiger partial charge on any atom is -0.497 e. The Kier molecular flexibility index (Phi) is 6.22. The summed E-state index contributed by atoms with van der Waals surface area (Å²) < 4.78 is 13.3. The third-order valence-electron chi connectivity index (χ3n) is 3.66. The van der Waals surface area contributed by atoms with Gasteiger partial charge in [-0.1, -0.05) is 17.8 Å². The fraction of sp³-hybridized carbons (Fsp3) is 0.278. The number of nitrogens with zero attached hydrogens (tertiary/aromatic N) is 3. The first kappa shape index (κ1) is 19.5. The van der Waals surface area contributed by atoms with Crippen LogP contribution in [0.4, 0.5) is 5.69 Å². The molecule has 0 aliphatic rings. The van der Waals surface area contributed by atoms with Crippen LogP contribution < -0.4 is 10.1 Å². The molecule has 2 heterocycles. The minimum absolute atomic E-state index is 0.114. The van der Waals surface area contributed by atoms with Crippen molar-refractivity contribution in [1.82, 2.24) is 14.8 Å². The van der Waals surface area contributed by atoms with E-state index in [2.05, 4.69) is 31.4 Å². The van der Waals surface area contributed by atoms with Crippen molar-refractivity contribution in [3.8, 4) is 17.3 Å². The van der Waals surface area contributed by atoms with Crippen LogP contribution in [0.5, 0.6) is 5.75 Å². The first-order valence-corrected chi connectivity index (χ1v) is 10.0. The summed E-state index contributed by atoms with van der Waals surface area (Å²) in [6, 6.07) is 11.0. The summed E-state index contributed by atoms with van der Waals surface area (Å²) in [4.78, 5) is 12.3. The number of hydrogen-bond donors (Lipinski definition) is 1. The summed E-state index contributed by atoms with van der Waals surface area (Å²) >= 11 is 4.63. The number of aromatic nitrogens is 3. The molecule has 0 radical (unpaired) electrons. The zero-order valence-corrected chi connectivity index (χ0v) is 17.5. The van der Waals surface area contributed by atoms with Crippen molar-refractivity contribution in [2.75, 3.05) is 18.2 Å². The van der Waals surface area contributed by atoms with Gasteiger partial charge < -0.3 is 14.5 Å². The van der Waals surface area contributed by atoms with Crippen LogP contribution in [0.2, 0.25) is 0 Å². The van der Waals surface area contributed by atoms with E-state index in [1.165, 1.54) is 11.8 Å². The number of methoxy groups -OCH3 is 1. The van der Waals surface area contributed by atoms with E-state index in [1.807, 2.05) is 48.7 Å². The number of anilines is 1. The molecule has 0 aliphatic heterocycles. The van der Waals surface area contributed by atoms with Crippen molar-refractivity contribution >= 4 is 39.3 Å². The van der Waals surface area contributed by atoms with E-state index in [0.717, 1.165) is 0 Å². The Morgan fingerprint density at radius 1 is 1.33 bits per heavy atom. The minimum atomic E-state index is -0.131. The number of ether oxygens (including phenoxy) is 1. The average molecular weight is 451 g/mol. The van der Waals surface area contributed by atoms with Crippen LogP contribution in [0.15, 0.2) is 50.6 Å². The Labute approximate surface area is 169 Å². The van der Waals surface area contributed by atoms with Gasteiger partial charge in [-0.15, -0.1) is 10.2 Å². The lowest BCUT2D eigenvalue weighted by atomic mass is 10.3. The molecule has 0 fully saturated rings. The second-order valence-corrected chi connectivity index (χ2v) is 7.67. The zero-order chi connectivity index (χ0) is 19.4. The molecule has 0 aliphatic carbocycles. The van der Waals surface area contributed by atoms with E-state index in [9.17, 15) is 4.79 Å². The van der Waals surface area contributed by atoms with Crippen molar-refractivity contribution < 1.29 is 13.9 Å². The van der Waals surface area contributed by atoms with Gasteiger partial charge >= 0.3 is 0 Å². The molecule has 7 nitrogen and oxygen atoms in total. The molecule has 3 rings (SSSR count). The smallest absolute Gasteiger partial charge is 0.234 e. The van der Waals surface area contributed by atoms with Gasteiger partial charge in [0.2, 0.25) is 11.7 Å². The van der Waals surface area contributed by atoms with Crippen LogP contribution in [0, 0.1) is 0 Å². The quantitative estimate of drug-likeness (QED) is 0.528. The molecular weight excluding hydrogens is 432 g/mol. The van der Waals surface area contributed by atoms with Gasteiger partial charge in [-0.05, 0) is 54.0 Å². The molecule has 1 N–H and O–H groups in total. The summed E-state index contributed by atoms with van der Waals surface area (Å²) in [7, 11) is 1.59. The number of thioether (sulfide) groups is 1. The van der Waals surface area contributed by atoms with E-state index in [4.69, 9.17) is 9.15 Å². The number of carbonyl (C=O) groups excluding carboxylic acids is 1. The molecule has 0 spiro atoms. The molecular formula is C18H19BrN4O3S. The second kappa shape index (κ2) is 8.62. The van der Waals surface area contributed by atoms with Crippen molar-refractivity contribution in [3.05, 3.63) is 41.1 Å². The molecule has 0 bridgehead atoms. The summed E-state index contributed by atoms with van der Waals surface area (Å²) in [5, 5.41) is 12.0.